The third kappa shape index (κ3) is 1.93. The molecule has 0 amide bonds. The van der Waals surface area contributed by atoms with E-state index in [1.165, 1.54) is 11.3 Å². The number of imidazole rings is 1. The van der Waals surface area contributed by atoms with E-state index in [4.69, 9.17) is 4.74 Å². The van der Waals surface area contributed by atoms with Gasteiger partial charge in [-0.2, -0.15) is 0 Å². The number of pyridine rings is 1. The van der Waals surface area contributed by atoms with Crippen LogP contribution >= 0.6 is 0 Å². The Kier molecular flexibility index (Phi) is 2.60. The predicted octanol–water partition coefficient (Wildman–Crippen LogP) is 2.63. The van der Waals surface area contributed by atoms with Crippen molar-refractivity contribution in [3.63, 3.8) is 0 Å². The van der Waals surface area contributed by atoms with Crippen molar-refractivity contribution in [3.8, 4) is 17.1 Å². The Morgan fingerprint density at radius 3 is 3.00 bits per heavy atom. The number of H-pyrrole nitrogens is 1. The van der Waals surface area contributed by atoms with Crippen LogP contribution in [0, 0.1) is 0 Å². The molecule has 2 aromatic heterocycles. The highest BCUT2D eigenvalue weighted by molar-refractivity contribution is 5.78. The lowest BCUT2D eigenvalue weighted by Crippen LogP contribution is -2.11. The molecule has 5 heteroatoms. The van der Waals surface area contributed by atoms with E-state index < -0.39 is 0 Å². The third-order valence-corrected chi connectivity index (χ3v) is 3.81. The zero-order valence-corrected chi connectivity index (χ0v) is 12.1. The molecule has 1 aliphatic rings. The van der Waals surface area contributed by atoms with Crippen molar-refractivity contribution in [2.75, 3.05) is 25.6 Å². The fraction of sp³-hybridized carbons (Fsp3) is 0.250. The first-order chi connectivity index (χ1) is 10.2. The highest BCUT2D eigenvalue weighted by Gasteiger charge is 2.20. The van der Waals surface area contributed by atoms with E-state index in [0.717, 1.165) is 41.3 Å². The van der Waals surface area contributed by atoms with Gasteiger partial charge in [0.1, 0.15) is 11.6 Å². The summed E-state index contributed by atoms with van der Waals surface area (Å²) >= 11 is 0. The fourth-order valence-corrected chi connectivity index (χ4v) is 2.79. The predicted molar refractivity (Wildman–Crippen MR) is 82.9 cm³/mol. The Hall–Kier alpha value is -2.56. The van der Waals surface area contributed by atoms with Crippen LogP contribution in [0.1, 0.15) is 5.56 Å². The van der Waals surface area contributed by atoms with Crippen molar-refractivity contribution in [1.82, 2.24) is 15.0 Å². The SMILES string of the molecule is CN(C)c1cc(-c2nc3ncccc3[nH]2)cc2c1CCO2. The summed E-state index contributed by atoms with van der Waals surface area (Å²) in [6.07, 6.45) is 2.72. The van der Waals surface area contributed by atoms with Crippen LogP contribution in [-0.2, 0) is 6.42 Å². The molecular formula is C16H16N4O. The molecule has 0 bridgehead atoms. The second kappa shape index (κ2) is 4.48. The molecule has 1 N–H and O–H groups in total. The first-order valence-corrected chi connectivity index (χ1v) is 7.00. The maximum absolute atomic E-state index is 5.74. The maximum atomic E-state index is 5.74. The zero-order chi connectivity index (χ0) is 14.4. The number of rotatable bonds is 2. The minimum Gasteiger partial charge on any atom is -0.493 e. The standard InChI is InChI=1S/C16H16N4O/c1-20(2)13-8-10(9-14-11(13)5-7-21-14)15-18-12-4-3-6-17-16(12)19-15/h3-4,6,8-9H,5,7H2,1-2H3,(H,17,18,19). The smallest absolute Gasteiger partial charge is 0.178 e. The van der Waals surface area contributed by atoms with E-state index in [2.05, 4.69) is 46.1 Å². The monoisotopic (exact) mass is 280 g/mol. The summed E-state index contributed by atoms with van der Waals surface area (Å²) in [5.41, 5.74) is 5.17. The van der Waals surface area contributed by atoms with Gasteiger partial charge in [0.2, 0.25) is 0 Å². The van der Waals surface area contributed by atoms with Crippen molar-refractivity contribution in [2.45, 2.75) is 6.42 Å². The second-order valence-electron chi connectivity index (χ2n) is 5.42. The van der Waals surface area contributed by atoms with Gasteiger partial charge in [0.25, 0.3) is 0 Å². The summed E-state index contributed by atoms with van der Waals surface area (Å²) in [7, 11) is 4.11. The number of benzene rings is 1. The van der Waals surface area contributed by atoms with E-state index in [9.17, 15) is 0 Å². The number of hydrogen-bond donors (Lipinski definition) is 1. The zero-order valence-electron chi connectivity index (χ0n) is 12.1. The van der Waals surface area contributed by atoms with Gasteiger partial charge in [-0.1, -0.05) is 0 Å². The van der Waals surface area contributed by atoms with Gasteiger partial charge in [-0.05, 0) is 24.3 Å². The number of aromatic amines is 1. The second-order valence-corrected chi connectivity index (χ2v) is 5.42. The van der Waals surface area contributed by atoms with Gasteiger partial charge in [0.15, 0.2) is 5.65 Å². The summed E-state index contributed by atoms with van der Waals surface area (Å²) < 4.78 is 5.74. The number of nitrogens with zero attached hydrogens (tertiary/aromatic N) is 3. The molecule has 1 aliphatic heterocycles. The number of ether oxygens (including phenoxy) is 1. The van der Waals surface area contributed by atoms with Crippen molar-refractivity contribution in [1.29, 1.82) is 0 Å². The van der Waals surface area contributed by atoms with Crippen LogP contribution in [0.3, 0.4) is 0 Å². The Morgan fingerprint density at radius 1 is 1.29 bits per heavy atom. The van der Waals surface area contributed by atoms with E-state index >= 15 is 0 Å². The average molecular weight is 280 g/mol. The molecule has 0 aliphatic carbocycles. The molecule has 0 saturated heterocycles. The number of hydrogen-bond acceptors (Lipinski definition) is 4. The highest BCUT2D eigenvalue weighted by atomic mass is 16.5. The quantitative estimate of drug-likeness (QED) is 0.784. The minimum absolute atomic E-state index is 0.736. The molecule has 0 unspecified atom stereocenters. The lowest BCUT2D eigenvalue weighted by atomic mass is 10.1. The van der Waals surface area contributed by atoms with E-state index in [0.29, 0.717) is 0 Å². The summed E-state index contributed by atoms with van der Waals surface area (Å²) in [5, 5.41) is 0. The Labute approximate surface area is 122 Å². The minimum atomic E-state index is 0.736. The highest BCUT2D eigenvalue weighted by Crippen LogP contribution is 2.37. The van der Waals surface area contributed by atoms with Gasteiger partial charge < -0.3 is 14.6 Å². The topological polar surface area (TPSA) is 54.0 Å². The molecule has 21 heavy (non-hydrogen) atoms. The van der Waals surface area contributed by atoms with Gasteiger partial charge >= 0.3 is 0 Å². The Balaban J connectivity index is 1.90. The molecule has 0 fully saturated rings. The van der Waals surface area contributed by atoms with E-state index in [1.54, 1.807) is 6.20 Å². The molecule has 3 aromatic rings. The molecule has 4 rings (SSSR count). The number of anilines is 1. The van der Waals surface area contributed by atoms with Gasteiger partial charge in [0, 0.05) is 43.5 Å². The van der Waals surface area contributed by atoms with Gasteiger partial charge in [-0.3, -0.25) is 0 Å². The van der Waals surface area contributed by atoms with Crippen LogP contribution in [0.15, 0.2) is 30.5 Å². The molecule has 5 nitrogen and oxygen atoms in total. The normalized spacial score (nSPS) is 13.2. The maximum Gasteiger partial charge on any atom is 0.178 e. The molecule has 3 heterocycles. The van der Waals surface area contributed by atoms with Crippen LogP contribution < -0.4 is 9.64 Å². The largest absolute Gasteiger partial charge is 0.493 e. The molecular weight excluding hydrogens is 264 g/mol. The van der Waals surface area contributed by atoms with Gasteiger partial charge in [-0.15, -0.1) is 0 Å². The van der Waals surface area contributed by atoms with Crippen LogP contribution in [-0.4, -0.2) is 35.7 Å². The number of nitrogens with one attached hydrogen (secondary N) is 1. The number of aromatic nitrogens is 3. The average Bonchev–Trinajstić information content (AvgIpc) is 3.11. The first-order valence-electron chi connectivity index (χ1n) is 7.00. The Morgan fingerprint density at radius 2 is 2.19 bits per heavy atom. The van der Waals surface area contributed by atoms with Gasteiger partial charge in [-0.25, -0.2) is 9.97 Å². The van der Waals surface area contributed by atoms with Crippen LogP contribution in [0.25, 0.3) is 22.6 Å². The first kappa shape index (κ1) is 12.2. The van der Waals surface area contributed by atoms with Crippen molar-refractivity contribution >= 4 is 16.9 Å². The lowest BCUT2D eigenvalue weighted by molar-refractivity contribution is 0.357. The molecule has 0 radical (unpaired) electrons. The van der Waals surface area contributed by atoms with Crippen LogP contribution in [0.4, 0.5) is 5.69 Å². The molecule has 0 spiro atoms. The van der Waals surface area contributed by atoms with Crippen molar-refractivity contribution in [2.24, 2.45) is 0 Å². The number of fused-ring (bicyclic) bond motifs is 2. The third-order valence-electron chi connectivity index (χ3n) is 3.81. The summed E-state index contributed by atoms with van der Waals surface area (Å²) in [5.74, 6) is 1.79. The van der Waals surface area contributed by atoms with Crippen molar-refractivity contribution in [3.05, 3.63) is 36.0 Å². The molecule has 1 aromatic carbocycles. The van der Waals surface area contributed by atoms with Crippen LogP contribution in [0.5, 0.6) is 5.75 Å². The van der Waals surface area contributed by atoms with E-state index in [1.807, 2.05) is 12.1 Å². The molecule has 106 valence electrons. The Bertz CT molecular complexity index is 789. The van der Waals surface area contributed by atoms with E-state index in [-0.39, 0.29) is 0 Å². The molecule has 0 atom stereocenters. The van der Waals surface area contributed by atoms with Crippen LogP contribution in [0.2, 0.25) is 0 Å². The molecule has 0 saturated carbocycles. The summed E-state index contributed by atoms with van der Waals surface area (Å²) in [6, 6.07) is 8.11. The van der Waals surface area contributed by atoms with Gasteiger partial charge in [0.05, 0.1) is 12.1 Å². The summed E-state index contributed by atoms with van der Waals surface area (Å²) in [6.45, 7) is 0.751. The lowest BCUT2D eigenvalue weighted by Gasteiger charge is -2.17. The summed E-state index contributed by atoms with van der Waals surface area (Å²) in [4.78, 5) is 14.3. The van der Waals surface area contributed by atoms with Crippen molar-refractivity contribution < 1.29 is 4.74 Å². The fourth-order valence-electron chi connectivity index (χ4n) is 2.79.